The van der Waals surface area contributed by atoms with Gasteiger partial charge in [0.05, 0.1) is 12.5 Å². The number of hydrogen-bond acceptors (Lipinski definition) is 4. The van der Waals surface area contributed by atoms with E-state index in [1.807, 2.05) is 13.8 Å². The van der Waals surface area contributed by atoms with Gasteiger partial charge in [-0.3, -0.25) is 14.5 Å². The smallest absolute Gasteiger partial charge is 0.246 e. The highest BCUT2D eigenvalue weighted by Gasteiger charge is 2.36. The van der Waals surface area contributed by atoms with E-state index in [9.17, 15) is 14.7 Å². The molecule has 1 rings (SSSR count). The number of nitrogens with one attached hydrogen (secondary N) is 1. The van der Waals surface area contributed by atoms with Crippen LogP contribution in [0.15, 0.2) is 0 Å². The highest BCUT2D eigenvalue weighted by Crippen LogP contribution is 2.20. The maximum atomic E-state index is 11.6. The Labute approximate surface area is 95.8 Å². The van der Waals surface area contributed by atoms with E-state index in [1.54, 1.807) is 0 Å². The predicted molar refractivity (Wildman–Crippen MR) is 59.7 cm³/mol. The lowest BCUT2D eigenvalue weighted by Gasteiger charge is -2.27. The van der Waals surface area contributed by atoms with Crippen molar-refractivity contribution in [2.45, 2.75) is 32.7 Å². The van der Waals surface area contributed by atoms with Gasteiger partial charge in [-0.1, -0.05) is 13.8 Å². The molecule has 0 spiro atoms. The van der Waals surface area contributed by atoms with Gasteiger partial charge < -0.3 is 10.4 Å². The zero-order chi connectivity index (χ0) is 12.3. The molecule has 2 N–H and O–H groups in total. The second-order valence-electron chi connectivity index (χ2n) is 4.75. The number of aliphatic hydroxyl groups excluding tert-OH is 1. The molecule has 1 aliphatic rings. The molecule has 1 saturated heterocycles. The van der Waals surface area contributed by atoms with Crippen LogP contribution in [0.2, 0.25) is 0 Å². The first-order chi connectivity index (χ1) is 7.43. The molecule has 0 aliphatic carbocycles. The average Bonchev–Trinajstić information content (AvgIpc) is 2.54. The summed E-state index contributed by atoms with van der Waals surface area (Å²) in [6.07, 6.45) is 1.04. The molecule has 2 unspecified atom stereocenters. The lowest BCUT2D eigenvalue weighted by Crippen LogP contribution is -2.43. The van der Waals surface area contributed by atoms with Crippen molar-refractivity contribution < 1.29 is 14.7 Å². The van der Waals surface area contributed by atoms with Crippen LogP contribution < -0.4 is 5.32 Å². The van der Waals surface area contributed by atoms with Crippen LogP contribution >= 0.6 is 0 Å². The van der Waals surface area contributed by atoms with E-state index in [-0.39, 0.29) is 30.3 Å². The third-order valence-corrected chi connectivity index (χ3v) is 3.39. The van der Waals surface area contributed by atoms with E-state index < -0.39 is 6.04 Å². The number of carbonyl (C=O) groups is 2. The SMILES string of the molecule is CCC(C)(CO)CNC1CC(=O)N(C)C1=O. The van der Waals surface area contributed by atoms with Crippen molar-refractivity contribution in [3.63, 3.8) is 0 Å². The number of imide groups is 1. The molecule has 2 amide bonds. The molecular formula is C11H20N2O3. The summed E-state index contributed by atoms with van der Waals surface area (Å²) in [5.41, 5.74) is -0.232. The molecule has 0 bridgehead atoms. The molecule has 0 aromatic rings. The fraction of sp³-hybridized carbons (Fsp3) is 0.818. The molecule has 1 fully saturated rings. The van der Waals surface area contributed by atoms with Crippen LogP contribution in [-0.4, -0.2) is 48.1 Å². The number of likely N-dealkylation sites (N-methyl/N-ethyl adjacent to an activating group) is 1. The summed E-state index contributed by atoms with van der Waals surface area (Å²) < 4.78 is 0. The monoisotopic (exact) mass is 228 g/mol. The first kappa shape index (κ1) is 13.1. The quantitative estimate of drug-likeness (QED) is 0.636. The van der Waals surface area contributed by atoms with Gasteiger partial charge in [-0.25, -0.2) is 0 Å². The van der Waals surface area contributed by atoms with Crippen LogP contribution in [-0.2, 0) is 9.59 Å². The highest BCUT2D eigenvalue weighted by atomic mass is 16.3. The fourth-order valence-electron chi connectivity index (χ4n) is 1.58. The number of likely N-dealkylation sites (tertiary alicyclic amines) is 1. The summed E-state index contributed by atoms with van der Waals surface area (Å²) in [4.78, 5) is 24.0. The Hall–Kier alpha value is -0.940. The topological polar surface area (TPSA) is 69.6 Å². The fourth-order valence-corrected chi connectivity index (χ4v) is 1.58. The molecule has 5 heteroatoms. The van der Waals surface area contributed by atoms with Gasteiger partial charge in [-0.15, -0.1) is 0 Å². The van der Waals surface area contributed by atoms with E-state index in [0.717, 1.165) is 11.3 Å². The molecule has 2 atom stereocenters. The molecule has 0 radical (unpaired) electrons. The summed E-state index contributed by atoms with van der Waals surface area (Å²) in [5, 5.41) is 12.3. The lowest BCUT2D eigenvalue weighted by molar-refractivity contribution is -0.137. The minimum atomic E-state index is -0.421. The van der Waals surface area contributed by atoms with E-state index in [1.165, 1.54) is 7.05 Å². The zero-order valence-electron chi connectivity index (χ0n) is 10.1. The lowest BCUT2D eigenvalue weighted by atomic mass is 9.88. The van der Waals surface area contributed by atoms with Gasteiger partial charge in [0.2, 0.25) is 11.8 Å². The first-order valence-electron chi connectivity index (χ1n) is 5.58. The van der Waals surface area contributed by atoms with Crippen LogP contribution in [0.4, 0.5) is 0 Å². The Morgan fingerprint density at radius 3 is 2.56 bits per heavy atom. The molecule has 92 valence electrons. The molecule has 0 aromatic carbocycles. The van der Waals surface area contributed by atoms with E-state index in [2.05, 4.69) is 5.32 Å². The van der Waals surface area contributed by atoms with Crippen molar-refractivity contribution in [3.05, 3.63) is 0 Å². The van der Waals surface area contributed by atoms with Crippen LogP contribution in [0.3, 0.4) is 0 Å². The molecule has 0 aromatic heterocycles. The number of nitrogens with zero attached hydrogens (tertiary/aromatic N) is 1. The van der Waals surface area contributed by atoms with Crippen molar-refractivity contribution in [2.75, 3.05) is 20.2 Å². The van der Waals surface area contributed by atoms with Gasteiger partial charge in [-0.05, 0) is 6.42 Å². The van der Waals surface area contributed by atoms with E-state index in [0.29, 0.717) is 6.54 Å². The average molecular weight is 228 g/mol. The Morgan fingerprint density at radius 1 is 1.56 bits per heavy atom. The summed E-state index contributed by atoms with van der Waals surface area (Å²) in [7, 11) is 1.50. The molecule has 5 nitrogen and oxygen atoms in total. The van der Waals surface area contributed by atoms with Crippen LogP contribution in [0.5, 0.6) is 0 Å². The minimum absolute atomic E-state index is 0.0706. The normalized spacial score (nSPS) is 25.0. The van der Waals surface area contributed by atoms with E-state index in [4.69, 9.17) is 0 Å². The summed E-state index contributed by atoms with van der Waals surface area (Å²) in [6, 6.07) is -0.421. The van der Waals surface area contributed by atoms with Gasteiger partial charge in [0.15, 0.2) is 0 Å². The number of aliphatic hydroxyl groups is 1. The molecule has 0 saturated carbocycles. The number of carbonyl (C=O) groups excluding carboxylic acids is 2. The Morgan fingerprint density at radius 2 is 2.19 bits per heavy atom. The standard InChI is InChI=1S/C11H20N2O3/c1-4-11(2,7-14)6-12-8-5-9(15)13(3)10(8)16/h8,12,14H,4-7H2,1-3H3. The Bertz CT molecular complexity index is 287. The Balaban J connectivity index is 2.51. The van der Waals surface area contributed by atoms with Crippen molar-refractivity contribution in [3.8, 4) is 0 Å². The maximum absolute atomic E-state index is 11.6. The van der Waals surface area contributed by atoms with Crippen molar-refractivity contribution in [1.82, 2.24) is 10.2 Å². The molecule has 1 heterocycles. The minimum Gasteiger partial charge on any atom is -0.396 e. The number of hydrogen-bond donors (Lipinski definition) is 2. The predicted octanol–water partition coefficient (Wildman–Crippen LogP) is -0.258. The largest absolute Gasteiger partial charge is 0.396 e. The molecule has 16 heavy (non-hydrogen) atoms. The molecule has 1 aliphatic heterocycles. The van der Waals surface area contributed by atoms with E-state index >= 15 is 0 Å². The maximum Gasteiger partial charge on any atom is 0.246 e. The third-order valence-electron chi connectivity index (χ3n) is 3.39. The van der Waals surface area contributed by atoms with Crippen LogP contribution in [0.25, 0.3) is 0 Å². The first-order valence-corrected chi connectivity index (χ1v) is 5.58. The second-order valence-corrected chi connectivity index (χ2v) is 4.75. The third kappa shape index (κ3) is 2.59. The number of amides is 2. The Kier molecular flexibility index (Phi) is 4.04. The van der Waals surface area contributed by atoms with Crippen molar-refractivity contribution >= 4 is 11.8 Å². The second kappa shape index (κ2) is 4.93. The van der Waals surface area contributed by atoms with Gasteiger partial charge in [-0.2, -0.15) is 0 Å². The van der Waals surface area contributed by atoms with Crippen LogP contribution in [0, 0.1) is 5.41 Å². The van der Waals surface area contributed by atoms with Gasteiger partial charge in [0.1, 0.15) is 0 Å². The van der Waals surface area contributed by atoms with Crippen molar-refractivity contribution in [1.29, 1.82) is 0 Å². The highest BCUT2D eigenvalue weighted by molar-refractivity contribution is 6.05. The summed E-state index contributed by atoms with van der Waals surface area (Å²) >= 11 is 0. The summed E-state index contributed by atoms with van der Waals surface area (Å²) in [6.45, 7) is 4.55. The number of rotatable bonds is 5. The zero-order valence-corrected chi connectivity index (χ0v) is 10.1. The van der Waals surface area contributed by atoms with Crippen LogP contribution in [0.1, 0.15) is 26.7 Å². The van der Waals surface area contributed by atoms with Gasteiger partial charge in [0.25, 0.3) is 0 Å². The van der Waals surface area contributed by atoms with Gasteiger partial charge >= 0.3 is 0 Å². The van der Waals surface area contributed by atoms with Crippen molar-refractivity contribution in [2.24, 2.45) is 5.41 Å². The van der Waals surface area contributed by atoms with Gasteiger partial charge in [0, 0.05) is 25.6 Å². The molecular weight excluding hydrogens is 208 g/mol. The summed E-state index contributed by atoms with van der Waals surface area (Å²) in [5.74, 6) is -0.328.